The normalized spacial score (nSPS) is 12.9. The number of nitrogens with zero attached hydrogens (tertiary/aromatic N) is 1. The zero-order valence-corrected chi connectivity index (χ0v) is 20.2. The molecule has 0 saturated heterocycles. The number of rotatable bonds is 9. The van der Waals surface area contributed by atoms with Crippen molar-refractivity contribution in [1.29, 1.82) is 0 Å². The second-order valence-corrected chi connectivity index (χ2v) is 9.32. The highest BCUT2D eigenvalue weighted by molar-refractivity contribution is 8.00. The summed E-state index contributed by atoms with van der Waals surface area (Å²) >= 11 is 19.6. The minimum absolute atomic E-state index is 0.0273. The van der Waals surface area contributed by atoms with E-state index in [1.807, 2.05) is 26.0 Å². The van der Waals surface area contributed by atoms with Crippen LogP contribution in [0.15, 0.2) is 47.4 Å². The molecule has 2 unspecified atom stereocenters. The molecular weight excluding hydrogens is 463 g/mol. The highest BCUT2D eigenvalue weighted by atomic mass is 35.5. The molecule has 0 aromatic heterocycles. The Hall–Kier alpha value is -1.40. The van der Waals surface area contributed by atoms with Gasteiger partial charge in [-0.05, 0) is 62.2 Å². The first-order valence-corrected chi connectivity index (χ1v) is 11.7. The third-order valence-corrected chi connectivity index (χ3v) is 6.54. The van der Waals surface area contributed by atoms with Crippen molar-refractivity contribution in [3.63, 3.8) is 0 Å². The number of amides is 2. The van der Waals surface area contributed by atoms with Crippen LogP contribution in [0.5, 0.6) is 0 Å². The van der Waals surface area contributed by atoms with Gasteiger partial charge in [0.05, 0.1) is 5.75 Å². The fourth-order valence-corrected chi connectivity index (χ4v) is 4.02. The van der Waals surface area contributed by atoms with Crippen molar-refractivity contribution >= 4 is 58.4 Å². The summed E-state index contributed by atoms with van der Waals surface area (Å²) in [7, 11) is 0. The SMILES string of the molecule is CCC(C)NC(=O)C(C)N(Cc1ccc(Cl)cc1Cl)C(=O)CSc1ccc(Cl)cc1. The molecule has 0 aliphatic heterocycles. The topological polar surface area (TPSA) is 49.4 Å². The van der Waals surface area contributed by atoms with E-state index >= 15 is 0 Å². The van der Waals surface area contributed by atoms with Gasteiger partial charge in [-0.15, -0.1) is 11.8 Å². The summed E-state index contributed by atoms with van der Waals surface area (Å²) in [6.07, 6.45) is 0.807. The predicted octanol–water partition coefficient (Wildman–Crippen LogP) is 6.07. The molecule has 0 aliphatic rings. The van der Waals surface area contributed by atoms with E-state index in [9.17, 15) is 9.59 Å². The predicted molar refractivity (Wildman–Crippen MR) is 127 cm³/mol. The summed E-state index contributed by atoms with van der Waals surface area (Å²) in [5, 5.41) is 4.56. The number of carbonyl (C=O) groups is 2. The van der Waals surface area contributed by atoms with Crippen LogP contribution in [0.25, 0.3) is 0 Å². The smallest absolute Gasteiger partial charge is 0.242 e. The van der Waals surface area contributed by atoms with Crippen LogP contribution in [-0.4, -0.2) is 34.6 Å². The van der Waals surface area contributed by atoms with Gasteiger partial charge in [0.25, 0.3) is 0 Å². The second-order valence-electron chi connectivity index (χ2n) is 6.99. The van der Waals surface area contributed by atoms with Crippen molar-refractivity contribution < 1.29 is 9.59 Å². The Morgan fingerprint density at radius 2 is 1.67 bits per heavy atom. The maximum Gasteiger partial charge on any atom is 0.242 e. The van der Waals surface area contributed by atoms with Gasteiger partial charge in [0, 0.05) is 32.5 Å². The summed E-state index contributed by atoms with van der Waals surface area (Å²) in [6, 6.07) is 11.8. The van der Waals surface area contributed by atoms with Crippen molar-refractivity contribution in [3.05, 3.63) is 63.1 Å². The molecule has 0 heterocycles. The Bertz CT molecular complexity index is 877. The maximum absolute atomic E-state index is 13.1. The highest BCUT2D eigenvalue weighted by Gasteiger charge is 2.27. The third kappa shape index (κ3) is 7.38. The van der Waals surface area contributed by atoms with Gasteiger partial charge in [0.2, 0.25) is 11.8 Å². The average Bonchev–Trinajstić information content (AvgIpc) is 2.72. The van der Waals surface area contributed by atoms with Gasteiger partial charge in [-0.3, -0.25) is 9.59 Å². The van der Waals surface area contributed by atoms with Crippen molar-refractivity contribution in [2.24, 2.45) is 0 Å². The minimum Gasteiger partial charge on any atom is -0.352 e. The van der Waals surface area contributed by atoms with Crippen molar-refractivity contribution in [3.8, 4) is 0 Å². The molecule has 30 heavy (non-hydrogen) atoms. The summed E-state index contributed by atoms with van der Waals surface area (Å²) < 4.78 is 0. The van der Waals surface area contributed by atoms with Crippen molar-refractivity contribution in [2.45, 2.75) is 50.7 Å². The quantitative estimate of drug-likeness (QED) is 0.437. The molecule has 0 saturated carbocycles. The lowest BCUT2D eigenvalue weighted by Gasteiger charge is -2.30. The van der Waals surface area contributed by atoms with Gasteiger partial charge in [0.1, 0.15) is 6.04 Å². The van der Waals surface area contributed by atoms with E-state index in [1.54, 1.807) is 42.2 Å². The second kappa shape index (κ2) is 11.8. The molecule has 0 bridgehead atoms. The molecule has 0 radical (unpaired) electrons. The number of hydrogen-bond acceptors (Lipinski definition) is 3. The summed E-state index contributed by atoms with van der Waals surface area (Å²) in [4.78, 5) is 28.3. The lowest BCUT2D eigenvalue weighted by molar-refractivity contribution is -0.138. The van der Waals surface area contributed by atoms with Crippen LogP contribution in [0.1, 0.15) is 32.8 Å². The van der Waals surface area contributed by atoms with Crippen molar-refractivity contribution in [2.75, 3.05) is 5.75 Å². The summed E-state index contributed by atoms with van der Waals surface area (Å²) in [6.45, 7) is 5.87. The van der Waals surface area contributed by atoms with Gasteiger partial charge in [-0.2, -0.15) is 0 Å². The lowest BCUT2D eigenvalue weighted by atomic mass is 10.1. The monoisotopic (exact) mass is 486 g/mol. The van der Waals surface area contributed by atoms with Crippen LogP contribution in [0.4, 0.5) is 0 Å². The van der Waals surface area contributed by atoms with E-state index in [1.165, 1.54) is 11.8 Å². The number of carbonyl (C=O) groups excluding carboxylic acids is 2. The Kier molecular flexibility index (Phi) is 9.82. The first-order valence-electron chi connectivity index (χ1n) is 9.63. The number of nitrogens with one attached hydrogen (secondary N) is 1. The van der Waals surface area contributed by atoms with Gasteiger partial charge in [0.15, 0.2) is 0 Å². The minimum atomic E-state index is -0.649. The standard InChI is InChI=1S/C22H25Cl3N2O2S/c1-4-14(2)26-22(29)15(3)27(12-16-5-6-18(24)11-20(16)25)21(28)13-30-19-9-7-17(23)8-10-19/h5-11,14-15H,4,12-13H2,1-3H3,(H,26,29). The van der Waals surface area contributed by atoms with Crippen LogP contribution in [0.2, 0.25) is 15.1 Å². The Labute approximate surface area is 197 Å². The van der Waals surface area contributed by atoms with Crippen LogP contribution in [-0.2, 0) is 16.1 Å². The largest absolute Gasteiger partial charge is 0.352 e. The molecule has 2 atom stereocenters. The summed E-state index contributed by atoms with van der Waals surface area (Å²) in [5.41, 5.74) is 0.731. The number of benzene rings is 2. The van der Waals surface area contributed by atoms with E-state index in [4.69, 9.17) is 34.8 Å². The molecule has 0 spiro atoms. The van der Waals surface area contributed by atoms with Crippen LogP contribution in [0, 0.1) is 0 Å². The molecule has 8 heteroatoms. The molecule has 1 N–H and O–H groups in total. The average molecular weight is 488 g/mol. The van der Waals surface area contributed by atoms with Crippen LogP contribution < -0.4 is 5.32 Å². The maximum atomic E-state index is 13.1. The van der Waals surface area contributed by atoms with Crippen LogP contribution in [0.3, 0.4) is 0 Å². The first-order chi connectivity index (χ1) is 14.2. The Balaban J connectivity index is 2.18. The van der Waals surface area contributed by atoms with Crippen LogP contribution >= 0.6 is 46.6 Å². The fraction of sp³-hybridized carbons (Fsp3) is 0.364. The van der Waals surface area contributed by atoms with Gasteiger partial charge >= 0.3 is 0 Å². The van der Waals surface area contributed by atoms with E-state index in [0.717, 1.165) is 16.9 Å². The van der Waals surface area contributed by atoms with E-state index in [2.05, 4.69) is 5.32 Å². The first kappa shape index (κ1) is 24.9. The molecule has 2 rings (SSSR count). The molecule has 4 nitrogen and oxygen atoms in total. The summed E-state index contributed by atoms with van der Waals surface area (Å²) in [5.74, 6) is -0.166. The number of thioether (sulfide) groups is 1. The molecule has 2 aromatic carbocycles. The Morgan fingerprint density at radius 3 is 2.27 bits per heavy atom. The molecular formula is C22H25Cl3N2O2S. The molecule has 0 fully saturated rings. The van der Waals surface area contributed by atoms with E-state index in [-0.39, 0.29) is 30.2 Å². The molecule has 2 aromatic rings. The fourth-order valence-electron chi connectivity index (χ4n) is 2.64. The zero-order valence-electron chi connectivity index (χ0n) is 17.1. The Morgan fingerprint density at radius 1 is 1.03 bits per heavy atom. The van der Waals surface area contributed by atoms with E-state index in [0.29, 0.717) is 15.1 Å². The van der Waals surface area contributed by atoms with Gasteiger partial charge < -0.3 is 10.2 Å². The van der Waals surface area contributed by atoms with Gasteiger partial charge in [-0.1, -0.05) is 47.8 Å². The van der Waals surface area contributed by atoms with Gasteiger partial charge in [-0.25, -0.2) is 0 Å². The molecule has 0 aliphatic carbocycles. The lowest BCUT2D eigenvalue weighted by Crippen LogP contribution is -2.50. The van der Waals surface area contributed by atoms with E-state index < -0.39 is 6.04 Å². The molecule has 162 valence electrons. The zero-order chi connectivity index (χ0) is 22.3. The number of halogens is 3. The highest BCUT2D eigenvalue weighted by Crippen LogP contribution is 2.25. The molecule has 2 amide bonds. The third-order valence-electron chi connectivity index (χ3n) is 4.70. The number of hydrogen-bond donors (Lipinski definition) is 1. The van der Waals surface area contributed by atoms with Crippen molar-refractivity contribution in [1.82, 2.24) is 10.2 Å².